The van der Waals surface area contributed by atoms with E-state index in [1.165, 1.54) is 24.5 Å². The van der Waals surface area contributed by atoms with Gasteiger partial charge in [0.15, 0.2) is 5.13 Å². The summed E-state index contributed by atoms with van der Waals surface area (Å²) in [7, 11) is -2.15. The average molecular weight is 390 g/mol. The molecule has 2 aromatic carbocycles. The summed E-state index contributed by atoms with van der Waals surface area (Å²) < 4.78 is 26.8. The van der Waals surface area contributed by atoms with Crippen LogP contribution in [0.5, 0.6) is 0 Å². The molecule has 1 unspecified atom stereocenters. The molecule has 3 rings (SSSR count). The van der Waals surface area contributed by atoms with E-state index in [1.807, 2.05) is 37.3 Å². The van der Waals surface area contributed by atoms with Crippen LogP contribution in [0.3, 0.4) is 0 Å². The first-order valence-electron chi connectivity index (χ1n) is 8.14. The topological polar surface area (TPSA) is 88.2 Å². The lowest BCUT2D eigenvalue weighted by Gasteiger charge is -2.13. The fourth-order valence-corrected chi connectivity index (χ4v) is 4.43. The van der Waals surface area contributed by atoms with E-state index < -0.39 is 10.0 Å². The standard InChI is InChI=1S/C18H19N3O3S2/c1-3-14(12-7-5-4-6-8-12)17(22)21-18-20-15-10-9-13(11-16(15)25-18)26(23,24)19-2/h4-11,14,19H,3H2,1-2H3,(H,20,21,22). The maximum Gasteiger partial charge on any atom is 0.240 e. The number of thiazole rings is 1. The molecule has 1 amide bonds. The maximum atomic E-state index is 12.6. The number of nitrogens with one attached hydrogen (secondary N) is 2. The van der Waals surface area contributed by atoms with E-state index in [2.05, 4.69) is 15.0 Å². The summed E-state index contributed by atoms with van der Waals surface area (Å²) >= 11 is 1.25. The van der Waals surface area contributed by atoms with E-state index in [-0.39, 0.29) is 16.7 Å². The summed E-state index contributed by atoms with van der Waals surface area (Å²) in [5.74, 6) is -0.385. The Hall–Kier alpha value is -2.29. The van der Waals surface area contributed by atoms with Crippen molar-refractivity contribution >= 4 is 42.6 Å². The van der Waals surface area contributed by atoms with Crippen LogP contribution in [0.25, 0.3) is 10.2 Å². The van der Waals surface area contributed by atoms with Gasteiger partial charge in [0, 0.05) is 0 Å². The average Bonchev–Trinajstić information content (AvgIpc) is 3.04. The minimum absolute atomic E-state index is 0.124. The quantitative estimate of drug-likeness (QED) is 0.677. The number of nitrogens with zero attached hydrogens (tertiary/aromatic N) is 1. The lowest BCUT2D eigenvalue weighted by Crippen LogP contribution is -2.20. The molecule has 2 N–H and O–H groups in total. The number of fused-ring (bicyclic) bond motifs is 1. The van der Waals surface area contributed by atoms with E-state index in [4.69, 9.17) is 0 Å². The fraction of sp³-hybridized carbons (Fsp3) is 0.222. The molecule has 136 valence electrons. The molecular formula is C18H19N3O3S2. The molecule has 8 heteroatoms. The van der Waals surface area contributed by atoms with Gasteiger partial charge in [-0.2, -0.15) is 0 Å². The highest BCUT2D eigenvalue weighted by atomic mass is 32.2. The van der Waals surface area contributed by atoms with Crippen molar-refractivity contribution in [3.63, 3.8) is 0 Å². The van der Waals surface area contributed by atoms with Crippen LogP contribution >= 0.6 is 11.3 Å². The highest BCUT2D eigenvalue weighted by Crippen LogP contribution is 2.29. The molecule has 3 aromatic rings. The molecule has 0 aliphatic heterocycles. The van der Waals surface area contributed by atoms with Crippen LogP contribution in [0.2, 0.25) is 0 Å². The summed E-state index contributed by atoms with van der Waals surface area (Å²) in [5, 5.41) is 3.31. The molecule has 0 bridgehead atoms. The van der Waals surface area contributed by atoms with Gasteiger partial charge in [0.25, 0.3) is 0 Å². The smallest absolute Gasteiger partial charge is 0.240 e. The second-order valence-corrected chi connectivity index (χ2v) is 8.63. The molecule has 0 radical (unpaired) electrons. The van der Waals surface area contributed by atoms with Gasteiger partial charge in [0.1, 0.15) is 0 Å². The monoisotopic (exact) mass is 389 g/mol. The van der Waals surface area contributed by atoms with Gasteiger partial charge in [-0.05, 0) is 37.2 Å². The van der Waals surface area contributed by atoms with E-state index in [0.29, 0.717) is 21.8 Å². The number of carbonyl (C=O) groups is 1. The first-order chi connectivity index (χ1) is 12.4. The number of hydrogen-bond donors (Lipinski definition) is 2. The van der Waals surface area contributed by atoms with E-state index in [0.717, 1.165) is 5.56 Å². The van der Waals surface area contributed by atoms with Crippen molar-refractivity contribution in [2.45, 2.75) is 24.2 Å². The lowest BCUT2D eigenvalue weighted by molar-refractivity contribution is -0.117. The Labute approximate surface area is 156 Å². The van der Waals surface area contributed by atoms with Crippen molar-refractivity contribution in [1.29, 1.82) is 0 Å². The van der Waals surface area contributed by atoms with Crippen molar-refractivity contribution in [1.82, 2.24) is 9.71 Å². The second kappa shape index (κ2) is 7.53. The zero-order valence-electron chi connectivity index (χ0n) is 14.4. The highest BCUT2D eigenvalue weighted by molar-refractivity contribution is 7.89. The predicted octanol–water partition coefficient (Wildman–Crippen LogP) is 3.34. The first-order valence-corrected chi connectivity index (χ1v) is 10.4. The number of rotatable bonds is 6. The van der Waals surface area contributed by atoms with Crippen LogP contribution in [0.1, 0.15) is 24.8 Å². The number of carbonyl (C=O) groups excluding carboxylic acids is 1. The fourth-order valence-electron chi connectivity index (χ4n) is 2.69. The summed E-state index contributed by atoms with van der Waals surface area (Å²) in [5.41, 5.74) is 1.60. The second-order valence-electron chi connectivity index (χ2n) is 5.72. The van der Waals surface area contributed by atoms with Crippen LogP contribution < -0.4 is 10.0 Å². The van der Waals surface area contributed by atoms with Gasteiger partial charge < -0.3 is 5.32 Å². The van der Waals surface area contributed by atoms with Gasteiger partial charge in [-0.25, -0.2) is 18.1 Å². The molecule has 0 spiro atoms. The van der Waals surface area contributed by atoms with Gasteiger partial charge in [0.2, 0.25) is 15.9 Å². The predicted molar refractivity (Wildman–Crippen MR) is 104 cm³/mol. The van der Waals surface area contributed by atoms with Crippen molar-refractivity contribution in [3.8, 4) is 0 Å². The third-order valence-electron chi connectivity index (χ3n) is 4.10. The highest BCUT2D eigenvalue weighted by Gasteiger charge is 2.20. The van der Waals surface area contributed by atoms with Crippen LogP contribution in [0, 0.1) is 0 Å². The lowest BCUT2D eigenvalue weighted by atomic mass is 9.96. The SMILES string of the molecule is CCC(C(=O)Nc1nc2ccc(S(=O)(=O)NC)cc2s1)c1ccccc1. The zero-order chi connectivity index (χ0) is 18.7. The van der Waals surface area contributed by atoms with Gasteiger partial charge in [-0.3, -0.25) is 4.79 Å². The summed E-state index contributed by atoms with van der Waals surface area (Å²) in [4.78, 5) is 17.2. The maximum absolute atomic E-state index is 12.6. The normalized spacial score (nSPS) is 12.8. The molecule has 0 saturated heterocycles. The number of amides is 1. The number of anilines is 1. The van der Waals surface area contributed by atoms with Crippen LogP contribution in [0.4, 0.5) is 5.13 Å². The summed E-state index contributed by atoms with van der Waals surface area (Å²) in [6, 6.07) is 14.3. The van der Waals surface area contributed by atoms with Crippen LogP contribution in [0.15, 0.2) is 53.4 Å². The van der Waals surface area contributed by atoms with Crippen molar-refractivity contribution in [2.24, 2.45) is 0 Å². The van der Waals surface area contributed by atoms with Gasteiger partial charge in [0.05, 0.1) is 21.0 Å². The number of aromatic nitrogens is 1. The molecule has 6 nitrogen and oxygen atoms in total. The first kappa shape index (κ1) is 18.5. The molecule has 0 aliphatic carbocycles. The minimum atomic E-state index is -3.52. The van der Waals surface area contributed by atoms with Crippen molar-refractivity contribution in [3.05, 3.63) is 54.1 Å². The third-order valence-corrected chi connectivity index (χ3v) is 6.44. The molecule has 0 saturated carbocycles. The van der Waals surface area contributed by atoms with Gasteiger partial charge in [-0.1, -0.05) is 48.6 Å². The summed E-state index contributed by atoms with van der Waals surface area (Å²) in [6.07, 6.45) is 0.672. The Morgan fingerprint density at radius 1 is 1.19 bits per heavy atom. The van der Waals surface area contributed by atoms with Crippen molar-refractivity contribution < 1.29 is 13.2 Å². The Bertz CT molecular complexity index is 1030. The van der Waals surface area contributed by atoms with Gasteiger partial charge >= 0.3 is 0 Å². The number of sulfonamides is 1. The number of benzene rings is 2. The van der Waals surface area contributed by atoms with Crippen molar-refractivity contribution in [2.75, 3.05) is 12.4 Å². The Morgan fingerprint density at radius 3 is 2.58 bits per heavy atom. The Balaban J connectivity index is 1.85. The molecule has 1 aromatic heterocycles. The van der Waals surface area contributed by atoms with E-state index >= 15 is 0 Å². The van der Waals surface area contributed by atoms with Crippen LogP contribution in [-0.4, -0.2) is 26.4 Å². The van der Waals surface area contributed by atoms with E-state index in [1.54, 1.807) is 12.1 Å². The molecule has 1 heterocycles. The zero-order valence-corrected chi connectivity index (χ0v) is 16.0. The molecule has 26 heavy (non-hydrogen) atoms. The summed E-state index contributed by atoms with van der Waals surface area (Å²) in [6.45, 7) is 1.96. The molecule has 0 fully saturated rings. The molecule has 1 atom stereocenters. The Morgan fingerprint density at radius 2 is 1.92 bits per heavy atom. The molecular weight excluding hydrogens is 370 g/mol. The van der Waals surface area contributed by atoms with E-state index in [9.17, 15) is 13.2 Å². The van der Waals surface area contributed by atoms with Gasteiger partial charge in [-0.15, -0.1) is 0 Å². The largest absolute Gasteiger partial charge is 0.301 e. The Kier molecular flexibility index (Phi) is 5.36. The third kappa shape index (κ3) is 3.77. The minimum Gasteiger partial charge on any atom is -0.301 e. The number of hydrogen-bond acceptors (Lipinski definition) is 5. The molecule has 0 aliphatic rings. The van der Waals surface area contributed by atoms with Crippen LogP contribution in [-0.2, 0) is 14.8 Å².